The molecule has 0 saturated heterocycles. The summed E-state index contributed by atoms with van der Waals surface area (Å²) in [5.41, 5.74) is -2.39. The van der Waals surface area contributed by atoms with Crippen molar-refractivity contribution in [2.45, 2.75) is 37.3 Å². The summed E-state index contributed by atoms with van der Waals surface area (Å²) >= 11 is 0. The van der Waals surface area contributed by atoms with E-state index < -0.39 is 43.0 Å². The summed E-state index contributed by atoms with van der Waals surface area (Å²) < 4.78 is 39.8. The number of aliphatic hydroxyl groups is 1. The lowest BCUT2D eigenvalue weighted by Crippen LogP contribution is -2.50. The number of para-hydroxylation sites is 1. The van der Waals surface area contributed by atoms with Gasteiger partial charge in [0.25, 0.3) is 0 Å². The molecule has 0 aliphatic carbocycles. The Labute approximate surface area is 115 Å². The van der Waals surface area contributed by atoms with Gasteiger partial charge in [0.1, 0.15) is 0 Å². The van der Waals surface area contributed by atoms with Crippen molar-refractivity contribution in [1.29, 1.82) is 0 Å². The zero-order valence-corrected chi connectivity index (χ0v) is 11.9. The molecule has 0 saturated carbocycles. The molecule has 112 valence electrons. The molecule has 9 heteroatoms. The number of nitro benzene ring substituents is 1. The van der Waals surface area contributed by atoms with Crippen molar-refractivity contribution >= 4 is 15.7 Å². The lowest BCUT2D eigenvalue weighted by molar-refractivity contribution is -0.390. The van der Waals surface area contributed by atoms with E-state index >= 15 is 0 Å². The highest BCUT2D eigenvalue weighted by Crippen LogP contribution is 2.27. The molecule has 1 aromatic rings. The monoisotopic (exact) mass is 306 g/mol. The standard InChI is InChI=1S/C11H15FN2O5S/c1-7(15)11(2,3)13-20(18,19)9-6-4-5-8(12)10(9)14(16)17/h4-7,13,15H,1-3H3. The second kappa shape index (κ2) is 5.43. The Balaban J connectivity index is 3.38. The van der Waals surface area contributed by atoms with Crippen molar-refractivity contribution in [3.8, 4) is 0 Å². The van der Waals surface area contributed by atoms with Crippen LogP contribution in [-0.4, -0.2) is 30.1 Å². The highest BCUT2D eigenvalue weighted by Gasteiger charge is 2.35. The van der Waals surface area contributed by atoms with E-state index in [2.05, 4.69) is 4.72 Å². The summed E-state index contributed by atoms with van der Waals surface area (Å²) in [4.78, 5) is 8.93. The lowest BCUT2D eigenvalue weighted by atomic mass is 10.0. The summed E-state index contributed by atoms with van der Waals surface area (Å²) in [7, 11) is -4.35. The van der Waals surface area contributed by atoms with E-state index in [0.29, 0.717) is 0 Å². The van der Waals surface area contributed by atoms with Gasteiger partial charge >= 0.3 is 5.69 Å². The number of hydrogen-bond acceptors (Lipinski definition) is 5. The molecule has 1 rings (SSSR count). The van der Waals surface area contributed by atoms with Crippen molar-refractivity contribution in [3.05, 3.63) is 34.1 Å². The van der Waals surface area contributed by atoms with E-state index in [0.717, 1.165) is 18.2 Å². The predicted octanol–water partition coefficient (Wildman–Crippen LogP) is 1.17. The van der Waals surface area contributed by atoms with Gasteiger partial charge in [-0.3, -0.25) is 10.1 Å². The first kappa shape index (κ1) is 16.5. The van der Waals surface area contributed by atoms with Crippen molar-refractivity contribution in [3.63, 3.8) is 0 Å². The first-order valence-corrected chi connectivity index (χ1v) is 7.12. The summed E-state index contributed by atoms with van der Waals surface area (Å²) in [5.74, 6) is -1.24. The van der Waals surface area contributed by atoms with E-state index in [4.69, 9.17) is 0 Å². The van der Waals surface area contributed by atoms with Gasteiger partial charge in [0.05, 0.1) is 16.6 Å². The highest BCUT2D eigenvalue weighted by molar-refractivity contribution is 7.89. The summed E-state index contributed by atoms with van der Waals surface area (Å²) in [6.07, 6.45) is -1.05. The number of rotatable bonds is 5. The fourth-order valence-electron chi connectivity index (χ4n) is 1.38. The first-order valence-electron chi connectivity index (χ1n) is 5.64. The molecule has 0 aliphatic heterocycles. The van der Waals surface area contributed by atoms with Crippen LogP contribution in [-0.2, 0) is 10.0 Å². The number of benzene rings is 1. The SMILES string of the molecule is CC(O)C(C)(C)NS(=O)(=O)c1cccc(F)c1[N+](=O)[O-]. The minimum absolute atomic E-state index is 0.781. The molecule has 0 fully saturated rings. The Bertz CT molecular complexity index is 628. The van der Waals surface area contributed by atoms with E-state index in [1.54, 1.807) is 0 Å². The predicted molar refractivity (Wildman–Crippen MR) is 69.1 cm³/mol. The maximum Gasteiger partial charge on any atom is 0.324 e. The highest BCUT2D eigenvalue weighted by atomic mass is 32.2. The van der Waals surface area contributed by atoms with E-state index in [1.807, 2.05) is 0 Å². The molecular weight excluding hydrogens is 291 g/mol. The Kier molecular flexibility index (Phi) is 4.47. The van der Waals surface area contributed by atoms with Gasteiger partial charge in [-0.25, -0.2) is 13.1 Å². The zero-order valence-electron chi connectivity index (χ0n) is 11.1. The van der Waals surface area contributed by atoms with Crippen LogP contribution in [0.15, 0.2) is 23.1 Å². The number of nitro groups is 1. The summed E-state index contributed by atoms with van der Waals surface area (Å²) in [6, 6.07) is 2.80. The maximum atomic E-state index is 13.4. The fourth-order valence-corrected chi connectivity index (χ4v) is 3.03. The smallest absolute Gasteiger partial charge is 0.324 e. The molecule has 0 radical (unpaired) electrons. The van der Waals surface area contributed by atoms with Crippen LogP contribution in [0.3, 0.4) is 0 Å². The van der Waals surface area contributed by atoms with Gasteiger partial charge in [0, 0.05) is 0 Å². The average Bonchev–Trinajstić information content (AvgIpc) is 2.26. The van der Waals surface area contributed by atoms with Crippen LogP contribution >= 0.6 is 0 Å². The zero-order chi connectivity index (χ0) is 15.7. The Hall–Kier alpha value is -1.58. The van der Waals surface area contributed by atoms with Gasteiger partial charge in [-0.2, -0.15) is 4.39 Å². The molecule has 0 aliphatic rings. The van der Waals surface area contributed by atoms with Gasteiger partial charge in [-0.05, 0) is 32.9 Å². The van der Waals surface area contributed by atoms with Crippen LogP contribution in [0.4, 0.5) is 10.1 Å². The molecular formula is C11H15FN2O5S. The molecule has 1 unspecified atom stereocenters. The third-order valence-corrected chi connectivity index (χ3v) is 4.57. The van der Waals surface area contributed by atoms with Crippen LogP contribution in [0.1, 0.15) is 20.8 Å². The van der Waals surface area contributed by atoms with Crippen LogP contribution in [0.5, 0.6) is 0 Å². The van der Waals surface area contributed by atoms with Crippen molar-refractivity contribution in [2.75, 3.05) is 0 Å². The number of hydrogen-bond donors (Lipinski definition) is 2. The molecule has 0 amide bonds. The van der Waals surface area contributed by atoms with Crippen molar-refractivity contribution in [1.82, 2.24) is 4.72 Å². The van der Waals surface area contributed by atoms with Crippen molar-refractivity contribution < 1.29 is 22.8 Å². The largest absolute Gasteiger partial charge is 0.391 e. The molecule has 1 atom stereocenters. The first-order chi connectivity index (χ1) is 8.99. The van der Waals surface area contributed by atoms with Gasteiger partial charge < -0.3 is 5.11 Å². The van der Waals surface area contributed by atoms with Crippen LogP contribution in [0.25, 0.3) is 0 Å². The number of halogens is 1. The fraction of sp³-hybridized carbons (Fsp3) is 0.455. The molecule has 0 spiro atoms. The van der Waals surface area contributed by atoms with Gasteiger partial charge in [-0.15, -0.1) is 0 Å². The van der Waals surface area contributed by atoms with Crippen LogP contribution < -0.4 is 4.72 Å². The molecule has 0 aromatic heterocycles. The van der Waals surface area contributed by atoms with Gasteiger partial charge in [0.2, 0.25) is 15.8 Å². The minimum atomic E-state index is -4.35. The second-order valence-corrected chi connectivity index (χ2v) is 6.50. The maximum absolute atomic E-state index is 13.4. The molecule has 0 bridgehead atoms. The number of nitrogens with zero attached hydrogens (tertiary/aromatic N) is 1. The molecule has 1 aromatic carbocycles. The second-order valence-electron chi connectivity index (χ2n) is 4.85. The number of nitrogens with one attached hydrogen (secondary N) is 1. The molecule has 2 N–H and O–H groups in total. The minimum Gasteiger partial charge on any atom is -0.391 e. The average molecular weight is 306 g/mol. The Morgan fingerprint density at radius 3 is 2.45 bits per heavy atom. The normalized spacial score (nSPS) is 14.1. The topological polar surface area (TPSA) is 110 Å². The van der Waals surface area contributed by atoms with E-state index in [-0.39, 0.29) is 0 Å². The van der Waals surface area contributed by atoms with Crippen molar-refractivity contribution in [2.24, 2.45) is 0 Å². The molecule has 7 nitrogen and oxygen atoms in total. The van der Waals surface area contributed by atoms with E-state index in [9.17, 15) is 28.0 Å². The third-order valence-electron chi connectivity index (χ3n) is 2.86. The number of sulfonamides is 1. The van der Waals surface area contributed by atoms with Crippen LogP contribution in [0, 0.1) is 15.9 Å². The lowest BCUT2D eigenvalue weighted by Gasteiger charge is -2.28. The Morgan fingerprint density at radius 2 is 2.00 bits per heavy atom. The Morgan fingerprint density at radius 1 is 1.45 bits per heavy atom. The van der Waals surface area contributed by atoms with Gasteiger partial charge in [-0.1, -0.05) is 6.07 Å². The molecule has 0 heterocycles. The van der Waals surface area contributed by atoms with E-state index in [1.165, 1.54) is 20.8 Å². The number of aliphatic hydroxyl groups excluding tert-OH is 1. The summed E-state index contributed by atoms with van der Waals surface area (Å²) in [5, 5.41) is 20.3. The quantitative estimate of drug-likeness (QED) is 0.627. The molecule has 20 heavy (non-hydrogen) atoms. The third kappa shape index (κ3) is 3.30. The van der Waals surface area contributed by atoms with Crippen LogP contribution in [0.2, 0.25) is 0 Å². The summed E-state index contributed by atoms with van der Waals surface area (Å²) in [6.45, 7) is 4.17. The van der Waals surface area contributed by atoms with Gasteiger partial charge in [0.15, 0.2) is 4.90 Å².